The van der Waals surface area contributed by atoms with E-state index in [-0.39, 0.29) is 54.5 Å². The smallest absolute Gasteiger partial charge is 0.254 e. The second-order valence-electron chi connectivity index (χ2n) is 12.6. The highest BCUT2D eigenvalue weighted by atomic mass is 16.5. The first-order valence-corrected chi connectivity index (χ1v) is 16.4. The molecular weight excluding hydrogens is 616 g/mol. The zero-order valence-corrected chi connectivity index (χ0v) is 27.8. The van der Waals surface area contributed by atoms with Gasteiger partial charge in [0.15, 0.2) is 17.3 Å². The molecular formula is C34H44N8O6. The number of amides is 4. The molecule has 0 bridgehead atoms. The average Bonchev–Trinajstić information content (AvgIpc) is 3.77. The molecule has 5 rings (SSSR count). The van der Waals surface area contributed by atoms with Crippen LogP contribution in [0.4, 0.5) is 0 Å². The Morgan fingerprint density at radius 2 is 1.77 bits per heavy atom. The summed E-state index contributed by atoms with van der Waals surface area (Å²) in [5, 5.41) is 19.2. The van der Waals surface area contributed by atoms with Gasteiger partial charge in [-0.05, 0) is 79.1 Å². The first kappa shape index (κ1) is 34.3. The largest absolute Gasteiger partial charge is 0.493 e. The molecule has 3 N–H and O–H groups in total. The van der Waals surface area contributed by atoms with Crippen molar-refractivity contribution in [1.29, 1.82) is 0 Å². The van der Waals surface area contributed by atoms with Gasteiger partial charge in [0.2, 0.25) is 17.7 Å². The molecule has 2 aliphatic rings. The monoisotopic (exact) mass is 660 g/mol. The number of hydrogen-bond acceptors (Lipinski definition) is 9. The summed E-state index contributed by atoms with van der Waals surface area (Å²) in [6, 6.07) is 14.3. The van der Waals surface area contributed by atoms with Crippen molar-refractivity contribution in [2.75, 3.05) is 40.3 Å². The Bertz CT molecular complexity index is 1570. The van der Waals surface area contributed by atoms with Gasteiger partial charge in [-0.25, -0.2) is 5.10 Å². The predicted octanol–water partition coefficient (Wildman–Crippen LogP) is 1.64. The van der Waals surface area contributed by atoms with Gasteiger partial charge < -0.3 is 29.9 Å². The van der Waals surface area contributed by atoms with E-state index in [1.54, 1.807) is 35.0 Å². The van der Waals surface area contributed by atoms with Crippen LogP contribution in [0.3, 0.4) is 0 Å². The lowest BCUT2D eigenvalue weighted by molar-refractivity contribution is -0.140. The summed E-state index contributed by atoms with van der Waals surface area (Å²) in [5.41, 5.74) is 1.59. The lowest BCUT2D eigenvalue weighted by Gasteiger charge is -2.39. The van der Waals surface area contributed by atoms with Crippen molar-refractivity contribution in [1.82, 2.24) is 41.1 Å². The zero-order chi connectivity index (χ0) is 34.2. The molecule has 0 aliphatic carbocycles. The molecule has 2 fully saturated rings. The van der Waals surface area contributed by atoms with Crippen LogP contribution in [0.15, 0.2) is 48.5 Å². The Balaban J connectivity index is 1.33. The van der Waals surface area contributed by atoms with Crippen LogP contribution in [0.2, 0.25) is 0 Å². The first-order chi connectivity index (χ1) is 23.2. The Kier molecular flexibility index (Phi) is 11.2. The SMILES string of the molecule is CNC(=O)[C@H](CCCc1ccccc1)NC(=O)C1CN(C(=O)Cc2nnn[nH]2)CC2CN(C(=O)c3ccc(OC(C)C)c(OC)c3)CC21. The number of tetrazole rings is 1. The van der Waals surface area contributed by atoms with E-state index in [2.05, 4.69) is 31.3 Å². The van der Waals surface area contributed by atoms with Gasteiger partial charge in [0, 0.05) is 38.8 Å². The quantitative estimate of drug-likeness (QED) is 0.247. The Labute approximate surface area is 279 Å². The third-order valence-corrected chi connectivity index (χ3v) is 9.02. The van der Waals surface area contributed by atoms with Crippen LogP contribution in [0, 0.1) is 17.8 Å². The topological polar surface area (TPSA) is 172 Å². The van der Waals surface area contributed by atoms with Gasteiger partial charge in [0.25, 0.3) is 5.91 Å². The van der Waals surface area contributed by atoms with E-state index in [9.17, 15) is 19.2 Å². The minimum absolute atomic E-state index is 0.0493. The number of methoxy groups -OCH3 is 1. The summed E-state index contributed by atoms with van der Waals surface area (Å²) in [5.74, 6) is -0.726. The summed E-state index contributed by atoms with van der Waals surface area (Å²) in [6.45, 7) is 5.04. The van der Waals surface area contributed by atoms with E-state index in [0.717, 1.165) is 12.0 Å². The number of benzene rings is 2. The minimum Gasteiger partial charge on any atom is -0.493 e. The predicted molar refractivity (Wildman–Crippen MR) is 175 cm³/mol. The van der Waals surface area contributed by atoms with Gasteiger partial charge in [0.1, 0.15) is 6.04 Å². The van der Waals surface area contributed by atoms with Crippen LogP contribution in [-0.2, 0) is 27.2 Å². The number of ether oxygens (including phenoxy) is 2. The summed E-state index contributed by atoms with van der Waals surface area (Å²) in [4.78, 5) is 57.5. The second-order valence-corrected chi connectivity index (χ2v) is 12.6. The molecule has 14 heteroatoms. The number of likely N-dealkylation sites (N-methyl/N-ethyl adjacent to an activating group) is 1. The van der Waals surface area contributed by atoms with Gasteiger partial charge in [-0.15, -0.1) is 5.10 Å². The fourth-order valence-electron chi connectivity index (χ4n) is 6.64. The number of carbonyl (C=O) groups is 4. The Morgan fingerprint density at radius 3 is 2.46 bits per heavy atom. The lowest BCUT2D eigenvalue weighted by atomic mass is 9.79. The maximum absolute atomic E-state index is 14.0. The highest BCUT2D eigenvalue weighted by Crippen LogP contribution is 2.37. The van der Waals surface area contributed by atoms with Crippen molar-refractivity contribution in [3.05, 3.63) is 65.5 Å². The third-order valence-electron chi connectivity index (χ3n) is 9.02. The molecule has 3 aromatic rings. The van der Waals surface area contributed by atoms with Crippen LogP contribution in [0.1, 0.15) is 48.4 Å². The number of aromatic nitrogens is 4. The third kappa shape index (κ3) is 8.28. The van der Waals surface area contributed by atoms with Crippen LogP contribution < -0.4 is 20.1 Å². The van der Waals surface area contributed by atoms with Gasteiger partial charge in [-0.3, -0.25) is 19.2 Å². The van der Waals surface area contributed by atoms with E-state index in [0.29, 0.717) is 55.4 Å². The fraction of sp³-hybridized carbons (Fsp3) is 0.500. The number of rotatable bonds is 13. The molecule has 3 unspecified atom stereocenters. The van der Waals surface area contributed by atoms with Crippen molar-refractivity contribution >= 4 is 23.6 Å². The van der Waals surface area contributed by atoms with Crippen LogP contribution in [0.25, 0.3) is 0 Å². The molecule has 0 radical (unpaired) electrons. The van der Waals surface area contributed by atoms with Crippen molar-refractivity contribution in [3.63, 3.8) is 0 Å². The van der Waals surface area contributed by atoms with Crippen molar-refractivity contribution < 1.29 is 28.7 Å². The maximum atomic E-state index is 14.0. The van der Waals surface area contributed by atoms with Crippen LogP contribution in [-0.4, -0.2) is 107 Å². The molecule has 0 spiro atoms. The van der Waals surface area contributed by atoms with E-state index in [1.165, 1.54) is 7.11 Å². The van der Waals surface area contributed by atoms with Crippen LogP contribution >= 0.6 is 0 Å². The first-order valence-electron chi connectivity index (χ1n) is 16.4. The molecule has 14 nitrogen and oxygen atoms in total. The van der Waals surface area contributed by atoms with E-state index < -0.39 is 12.0 Å². The molecule has 0 saturated carbocycles. The molecule has 1 aromatic heterocycles. The summed E-state index contributed by atoms with van der Waals surface area (Å²) in [6.07, 6.45) is 1.80. The number of hydrogen-bond donors (Lipinski definition) is 3. The number of fused-ring (bicyclic) bond motifs is 1. The number of nitrogens with zero attached hydrogens (tertiary/aromatic N) is 5. The fourth-order valence-corrected chi connectivity index (χ4v) is 6.64. The van der Waals surface area contributed by atoms with Gasteiger partial charge in [0.05, 0.1) is 25.6 Å². The zero-order valence-electron chi connectivity index (χ0n) is 27.8. The number of likely N-dealkylation sites (tertiary alicyclic amines) is 2. The molecule has 4 amide bonds. The maximum Gasteiger partial charge on any atom is 0.254 e. The molecule has 48 heavy (non-hydrogen) atoms. The number of aromatic amines is 1. The van der Waals surface area contributed by atoms with Gasteiger partial charge in [-0.2, -0.15) is 0 Å². The normalized spacial score (nSPS) is 19.4. The molecule has 4 atom stereocenters. The standard InChI is InChI=1S/C34H44N8O6/c1-21(2)48-28-14-13-23(15-29(28)47-4)34(46)42-18-24-17-41(31(43)16-30-37-39-40-38-30)20-26(25(24)19-42)32(44)36-27(33(45)35-3)12-8-11-22-9-6-5-7-10-22/h5-7,9-10,13-15,21,24-27H,8,11-12,16-20H2,1-4H3,(H,35,45)(H,36,44)(H,37,38,39,40)/t24?,25?,26?,27-/m0/s1. The summed E-state index contributed by atoms with van der Waals surface area (Å²) >= 11 is 0. The molecule has 256 valence electrons. The van der Waals surface area contributed by atoms with E-state index in [1.807, 2.05) is 44.2 Å². The second kappa shape index (κ2) is 15.7. The number of H-pyrrole nitrogens is 1. The number of piperidine rings is 1. The van der Waals surface area contributed by atoms with Crippen molar-refractivity contribution in [3.8, 4) is 11.5 Å². The van der Waals surface area contributed by atoms with Crippen molar-refractivity contribution in [2.45, 2.75) is 51.7 Å². The molecule has 2 saturated heterocycles. The summed E-state index contributed by atoms with van der Waals surface area (Å²) < 4.78 is 11.3. The van der Waals surface area contributed by atoms with E-state index in [4.69, 9.17) is 9.47 Å². The molecule has 3 heterocycles. The van der Waals surface area contributed by atoms with Gasteiger partial charge in [-0.1, -0.05) is 30.3 Å². The van der Waals surface area contributed by atoms with Crippen molar-refractivity contribution in [2.24, 2.45) is 17.8 Å². The number of aryl methyl sites for hydroxylation is 1. The van der Waals surface area contributed by atoms with Crippen LogP contribution in [0.5, 0.6) is 11.5 Å². The minimum atomic E-state index is -0.741. The van der Waals surface area contributed by atoms with Gasteiger partial charge >= 0.3 is 0 Å². The Hall–Kier alpha value is -5.01. The highest BCUT2D eigenvalue weighted by Gasteiger charge is 2.48. The number of carbonyl (C=O) groups excluding carboxylic acids is 4. The van der Waals surface area contributed by atoms with E-state index >= 15 is 0 Å². The lowest BCUT2D eigenvalue weighted by Crippen LogP contribution is -2.56. The number of nitrogens with one attached hydrogen (secondary N) is 3. The highest BCUT2D eigenvalue weighted by molar-refractivity contribution is 5.95. The summed E-state index contributed by atoms with van der Waals surface area (Å²) in [7, 11) is 3.07. The molecule has 2 aromatic carbocycles. The average molecular weight is 661 g/mol. The molecule has 2 aliphatic heterocycles. The Morgan fingerprint density at radius 1 is 1.00 bits per heavy atom.